The molecule has 760 valence electrons. The maximum Gasteiger partial charge on any atom is 0.311 e. The zero-order valence-electron chi connectivity index (χ0n) is 80.0. The van der Waals surface area contributed by atoms with Crippen LogP contribution in [0.2, 0.25) is 0 Å². The van der Waals surface area contributed by atoms with Crippen molar-refractivity contribution in [2.45, 2.75) is 106 Å². The number of likely N-dealkylation sites (tertiary alicyclic amines) is 1. The molecule has 0 radical (unpaired) electrons. The lowest BCUT2D eigenvalue weighted by molar-refractivity contribution is -0.154. The van der Waals surface area contributed by atoms with E-state index in [1.54, 1.807) is 72.8 Å². The summed E-state index contributed by atoms with van der Waals surface area (Å²) >= 11 is 0. The predicted molar refractivity (Wildman–Crippen MR) is 478 cm³/mol. The Bertz CT molecular complexity index is 2790. The molecule has 1 aliphatic heterocycles. The summed E-state index contributed by atoms with van der Waals surface area (Å²) in [4.78, 5) is 83.7. The van der Waals surface area contributed by atoms with Crippen LogP contribution in [0.15, 0.2) is 18.2 Å². The standard InChI is InChI=1S/C90H165N5O35/c1-10-79-71-84(97)95(73-79)74-85(98)94(18-22-106-29-32-111-39-42-116-48-50-119-54-56-122-59-60-123-58-57-120-52-51-117-46-44-113-36-34-108-26-24-103-9)17-16-83(96)93-86(77(2)3)88(100)91-78(4)87(99)92-82-15-14-81(75-130-89(101)90(5,6)7)80(72-82)13-11-19-104-27-30-109-37-40-114-47-49-118-53-55-121-61-62-124-63-64-125-65-66-126-67-68-127-69-70-129-76-128-21-12-20-105-28-31-110-38-41-115-45-43-112-35-33-107-25-23-102-8/h14-15,72,77-79,86H,10-13,16-71,73-76H2,1-9H3,(H,91,100)(H,92,99)(H,93,96)/t78-,79?,86-/m0/s1. The fourth-order valence-corrected chi connectivity index (χ4v) is 11.3. The summed E-state index contributed by atoms with van der Waals surface area (Å²) in [6, 6.07) is 3.26. The molecule has 1 fully saturated rings. The molecule has 40 heteroatoms. The van der Waals surface area contributed by atoms with Gasteiger partial charge in [-0.3, -0.25) is 28.8 Å². The number of methoxy groups -OCH3 is 2. The van der Waals surface area contributed by atoms with E-state index in [9.17, 15) is 28.8 Å². The highest BCUT2D eigenvalue weighted by atomic mass is 16.7. The van der Waals surface area contributed by atoms with Crippen LogP contribution in [0.1, 0.15) is 91.7 Å². The van der Waals surface area contributed by atoms with E-state index in [2.05, 4.69) is 16.0 Å². The van der Waals surface area contributed by atoms with Crippen LogP contribution in [-0.2, 0) is 179 Å². The summed E-state index contributed by atoms with van der Waals surface area (Å²) in [5.74, 6) is -2.58. The third-order valence-electron chi connectivity index (χ3n) is 18.7. The van der Waals surface area contributed by atoms with Crippen molar-refractivity contribution in [3.8, 4) is 0 Å². The second-order valence-electron chi connectivity index (χ2n) is 30.8. The van der Waals surface area contributed by atoms with Gasteiger partial charge in [-0.05, 0) is 82.1 Å². The first kappa shape index (κ1) is 121. The fourth-order valence-electron chi connectivity index (χ4n) is 11.3. The molecule has 0 saturated carbocycles. The van der Waals surface area contributed by atoms with Crippen LogP contribution in [0, 0.1) is 17.3 Å². The molecule has 3 N–H and O–H groups in total. The van der Waals surface area contributed by atoms with Crippen LogP contribution in [0.4, 0.5) is 5.69 Å². The summed E-state index contributed by atoms with van der Waals surface area (Å²) in [5, 5.41) is 8.46. The summed E-state index contributed by atoms with van der Waals surface area (Å²) < 4.78 is 160. The topological polar surface area (TPSA) is 413 Å². The minimum Gasteiger partial charge on any atom is -0.460 e. The van der Waals surface area contributed by atoms with Gasteiger partial charge in [0, 0.05) is 65.6 Å². The molecule has 0 aromatic heterocycles. The molecule has 40 nitrogen and oxygen atoms in total. The molecular weight excluding hydrogens is 1710 g/mol. The summed E-state index contributed by atoms with van der Waals surface area (Å²) in [7, 11) is 3.27. The number of nitrogens with zero attached hydrogens (tertiary/aromatic N) is 2. The molecule has 1 heterocycles. The van der Waals surface area contributed by atoms with E-state index in [0.29, 0.717) is 355 Å². The monoisotopic (exact) mass is 1880 g/mol. The number of anilines is 1. The first-order valence-corrected chi connectivity index (χ1v) is 46.2. The Balaban J connectivity index is 1.55. The van der Waals surface area contributed by atoms with Gasteiger partial charge in [0.2, 0.25) is 29.5 Å². The predicted octanol–water partition coefficient (Wildman–Crippen LogP) is 3.84. The van der Waals surface area contributed by atoms with Gasteiger partial charge in [-0.1, -0.05) is 33.3 Å². The van der Waals surface area contributed by atoms with Crippen molar-refractivity contribution in [2.75, 3.05) is 396 Å². The van der Waals surface area contributed by atoms with Crippen molar-refractivity contribution in [2.24, 2.45) is 17.3 Å². The SMILES string of the molecule is CCC1CC(=O)N(CC(=O)N(CCOCCOCCOCCOCCOCCOCCOCCOCCOCCOCCOC)CCC(=O)N[C@H](C(=O)N[C@@H](C)C(=O)Nc2ccc(COC(=O)C(C)(C)C)c(CCCOCCOCCOCCOCCOCCOCCOCCOCCOCCOCOCCCOCCOCCOCCOCCOCCOC)c2)C(C)C)C1. The second kappa shape index (κ2) is 89.2. The van der Waals surface area contributed by atoms with Gasteiger partial charge in [0.05, 0.1) is 342 Å². The molecule has 2 rings (SSSR count). The molecule has 1 unspecified atom stereocenters. The molecular formula is C90H165N5O35. The maximum absolute atomic E-state index is 13.9. The largest absolute Gasteiger partial charge is 0.460 e. The Morgan fingerprint density at radius 2 is 0.723 bits per heavy atom. The van der Waals surface area contributed by atoms with E-state index in [-0.39, 0.29) is 88.9 Å². The van der Waals surface area contributed by atoms with Crippen molar-refractivity contribution in [3.63, 3.8) is 0 Å². The van der Waals surface area contributed by atoms with E-state index in [0.717, 1.165) is 24.0 Å². The van der Waals surface area contributed by atoms with Crippen LogP contribution in [-0.4, -0.2) is 448 Å². The van der Waals surface area contributed by atoms with Gasteiger partial charge in [0.1, 0.15) is 25.5 Å². The first-order chi connectivity index (χ1) is 63.5. The van der Waals surface area contributed by atoms with E-state index in [1.807, 2.05) is 13.0 Å². The molecule has 1 saturated heterocycles. The molecule has 130 heavy (non-hydrogen) atoms. The van der Waals surface area contributed by atoms with Crippen molar-refractivity contribution in [3.05, 3.63) is 29.3 Å². The molecule has 0 aliphatic carbocycles. The molecule has 1 aliphatic rings. The van der Waals surface area contributed by atoms with Gasteiger partial charge in [-0.2, -0.15) is 0 Å². The van der Waals surface area contributed by atoms with Crippen molar-refractivity contribution in [1.29, 1.82) is 0 Å². The van der Waals surface area contributed by atoms with Crippen molar-refractivity contribution >= 4 is 41.2 Å². The first-order valence-electron chi connectivity index (χ1n) is 46.2. The Morgan fingerprint density at radius 3 is 1.06 bits per heavy atom. The molecule has 0 spiro atoms. The number of benzene rings is 1. The number of rotatable bonds is 99. The second-order valence-corrected chi connectivity index (χ2v) is 30.8. The fraction of sp³-hybridized carbons (Fsp3) is 0.867. The lowest BCUT2D eigenvalue weighted by Gasteiger charge is -2.27. The third kappa shape index (κ3) is 74.2. The average Bonchev–Trinajstić information content (AvgIpc) is 1.71. The van der Waals surface area contributed by atoms with Crippen molar-refractivity contribution < 1.29 is 166 Å². The van der Waals surface area contributed by atoms with Crippen LogP contribution < -0.4 is 16.0 Å². The lowest BCUT2D eigenvalue weighted by Crippen LogP contribution is -2.54. The van der Waals surface area contributed by atoms with Gasteiger partial charge >= 0.3 is 5.97 Å². The Hall–Kier alpha value is -5.08. The molecule has 0 bridgehead atoms. The minimum atomic E-state index is -1.03. The van der Waals surface area contributed by atoms with E-state index >= 15 is 0 Å². The highest BCUT2D eigenvalue weighted by molar-refractivity contribution is 5.98. The third-order valence-corrected chi connectivity index (χ3v) is 18.7. The number of hydrogen-bond donors (Lipinski definition) is 3. The van der Waals surface area contributed by atoms with Gasteiger partial charge in [0.25, 0.3) is 0 Å². The molecule has 3 atom stereocenters. The molecule has 1 aromatic rings. The highest BCUT2D eigenvalue weighted by Crippen LogP contribution is 2.23. The number of esters is 1. The van der Waals surface area contributed by atoms with Crippen LogP contribution in [0.5, 0.6) is 0 Å². The number of ether oxygens (including phenoxy) is 29. The van der Waals surface area contributed by atoms with E-state index in [4.69, 9.17) is 137 Å². The van der Waals surface area contributed by atoms with Crippen LogP contribution >= 0.6 is 0 Å². The molecule has 1 aromatic carbocycles. The van der Waals surface area contributed by atoms with E-state index < -0.39 is 35.2 Å². The Kier molecular flexibility index (Phi) is 83.0. The number of carbonyl (C=O) groups is 6. The Morgan fingerprint density at radius 1 is 0.400 bits per heavy atom. The summed E-state index contributed by atoms with van der Waals surface area (Å²) in [5.41, 5.74) is 1.33. The minimum absolute atomic E-state index is 0.00657. The number of hydrogen-bond acceptors (Lipinski definition) is 35. The van der Waals surface area contributed by atoms with E-state index in [1.165, 1.54) is 4.90 Å². The number of nitrogens with one attached hydrogen (secondary N) is 3. The quantitative estimate of drug-likeness (QED) is 0.0474. The van der Waals surface area contributed by atoms with Gasteiger partial charge in [-0.25, -0.2) is 0 Å². The Labute approximate surface area is 773 Å². The van der Waals surface area contributed by atoms with Crippen LogP contribution in [0.3, 0.4) is 0 Å². The number of carbonyl (C=O) groups excluding carboxylic acids is 6. The smallest absolute Gasteiger partial charge is 0.311 e. The normalized spacial score (nSPS) is 13.4. The lowest BCUT2D eigenvalue weighted by atomic mass is 9.97. The summed E-state index contributed by atoms with van der Waals surface area (Å²) in [6.45, 7) is 36.4. The number of amides is 5. The average molecular weight is 1880 g/mol. The van der Waals surface area contributed by atoms with Gasteiger partial charge in [-0.15, -0.1) is 0 Å². The summed E-state index contributed by atoms with van der Waals surface area (Å²) in [6.07, 6.45) is 2.93. The zero-order chi connectivity index (χ0) is 94.2. The van der Waals surface area contributed by atoms with Crippen LogP contribution in [0.25, 0.3) is 0 Å². The van der Waals surface area contributed by atoms with Gasteiger partial charge in [0.15, 0.2) is 0 Å². The van der Waals surface area contributed by atoms with Crippen molar-refractivity contribution in [1.82, 2.24) is 20.4 Å². The molecule has 5 amide bonds. The zero-order valence-corrected chi connectivity index (χ0v) is 80.0. The number of aryl methyl sites for hydroxylation is 1. The van der Waals surface area contributed by atoms with Gasteiger partial charge < -0.3 is 163 Å². The highest BCUT2D eigenvalue weighted by Gasteiger charge is 2.32. The maximum atomic E-state index is 13.9.